The van der Waals surface area contributed by atoms with Crippen LogP contribution in [0.4, 0.5) is 17.3 Å². The Morgan fingerprint density at radius 1 is 0.893 bits per heavy atom. The van der Waals surface area contributed by atoms with Crippen molar-refractivity contribution in [3.63, 3.8) is 0 Å². The van der Waals surface area contributed by atoms with Crippen LogP contribution in [-0.4, -0.2) is 36.1 Å². The van der Waals surface area contributed by atoms with Gasteiger partial charge in [-0.3, -0.25) is 0 Å². The van der Waals surface area contributed by atoms with E-state index in [-0.39, 0.29) is 6.04 Å². The van der Waals surface area contributed by atoms with Crippen LogP contribution in [-0.2, 0) is 0 Å². The smallest absolute Gasteiger partial charge is 0.134 e. The highest BCUT2D eigenvalue weighted by Crippen LogP contribution is 2.24. The van der Waals surface area contributed by atoms with E-state index >= 15 is 0 Å². The van der Waals surface area contributed by atoms with Gasteiger partial charge in [0.15, 0.2) is 0 Å². The van der Waals surface area contributed by atoms with Crippen molar-refractivity contribution in [1.29, 1.82) is 0 Å². The molecule has 1 fully saturated rings. The van der Waals surface area contributed by atoms with E-state index in [4.69, 9.17) is 11.6 Å². The van der Waals surface area contributed by atoms with Crippen LogP contribution in [0.5, 0.6) is 0 Å². The first kappa shape index (κ1) is 18.6. The number of nitrogens with one attached hydrogen (secondary N) is 1. The van der Waals surface area contributed by atoms with Gasteiger partial charge < -0.3 is 15.1 Å². The van der Waals surface area contributed by atoms with Crippen molar-refractivity contribution in [3.8, 4) is 0 Å². The number of hydrogen-bond acceptors (Lipinski definition) is 5. The van der Waals surface area contributed by atoms with Gasteiger partial charge in [-0.05, 0) is 30.7 Å². The SMILES string of the molecule is CC(Nc1cc(N2CCN(c3cccc(Cl)c3)CC2)ncn1)c1ccccc1. The van der Waals surface area contributed by atoms with Crippen LogP contribution in [0.3, 0.4) is 0 Å². The fourth-order valence-corrected chi connectivity index (χ4v) is 3.70. The summed E-state index contributed by atoms with van der Waals surface area (Å²) in [6, 6.07) is 20.6. The Morgan fingerprint density at radius 2 is 1.64 bits per heavy atom. The Bertz CT molecular complexity index is 910. The van der Waals surface area contributed by atoms with Crippen LogP contribution < -0.4 is 15.1 Å². The van der Waals surface area contributed by atoms with E-state index in [0.717, 1.165) is 42.8 Å². The number of aromatic nitrogens is 2. The van der Waals surface area contributed by atoms with Crippen molar-refractivity contribution in [1.82, 2.24) is 9.97 Å². The molecule has 1 aromatic heterocycles. The minimum atomic E-state index is 0.184. The van der Waals surface area contributed by atoms with E-state index in [0.29, 0.717) is 0 Å². The monoisotopic (exact) mass is 393 g/mol. The molecule has 5 nitrogen and oxygen atoms in total. The third-order valence-electron chi connectivity index (χ3n) is 5.09. The summed E-state index contributed by atoms with van der Waals surface area (Å²) >= 11 is 6.13. The molecule has 144 valence electrons. The van der Waals surface area contributed by atoms with E-state index in [1.54, 1.807) is 6.33 Å². The maximum Gasteiger partial charge on any atom is 0.134 e. The quantitative estimate of drug-likeness (QED) is 0.684. The molecule has 1 atom stereocenters. The number of benzene rings is 2. The largest absolute Gasteiger partial charge is 0.368 e. The number of hydrogen-bond donors (Lipinski definition) is 1. The molecule has 0 bridgehead atoms. The minimum Gasteiger partial charge on any atom is -0.368 e. The van der Waals surface area contributed by atoms with E-state index in [1.807, 2.05) is 30.3 Å². The van der Waals surface area contributed by atoms with E-state index < -0.39 is 0 Å². The Balaban J connectivity index is 1.40. The average molecular weight is 394 g/mol. The average Bonchev–Trinajstić information content (AvgIpc) is 2.75. The van der Waals surface area contributed by atoms with Gasteiger partial charge in [-0.2, -0.15) is 0 Å². The van der Waals surface area contributed by atoms with Gasteiger partial charge >= 0.3 is 0 Å². The van der Waals surface area contributed by atoms with Crippen LogP contribution in [0, 0.1) is 0 Å². The summed E-state index contributed by atoms with van der Waals surface area (Å²) < 4.78 is 0. The third kappa shape index (κ3) is 4.37. The second kappa shape index (κ2) is 8.48. The zero-order chi connectivity index (χ0) is 19.3. The first-order valence-electron chi connectivity index (χ1n) is 9.58. The van der Waals surface area contributed by atoms with Crippen molar-refractivity contribution in [2.45, 2.75) is 13.0 Å². The topological polar surface area (TPSA) is 44.3 Å². The molecule has 1 unspecified atom stereocenters. The molecule has 4 rings (SSSR count). The molecule has 2 aromatic carbocycles. The van der Waals surface area contributed by atoms with E-state index in [2.05, 4.69) is 62.3 Å². The highest BCUT2D eigenvalue weighted by molar-refractivity contribution is 6.30. The van der Waals surface area contributed by atoms with Crippen molar-refractivity contribution in [2.24, 2.45) is 0 Å². The van der Waals surface area contributed by atoms with Crippen LogP contribution in [0.15, 0.2) is 67.0 Å². The van der Waals surface area contributed by atoms with Gasteiger partial charge in [0.05, 0.1) is 0 Å². The molecule has 0 spiro atoms. The molecule has 6 heteroatoms. The zero-order valence-electron chi connectivity index (χ0n) is 15.9. The van der Waals surface area contributed by atoms with E-state index in [9.17, 15) is 0 Å². The zero-order valence-corrected chi connectivity index (χ0v) is 16.7. The van der Waals surface area contributed by atoms with Gasteiger partial charge in [-0.1, -0.05) is 48.0 Å². The number of halogens is 1. The molecule has 0 radical (unpaired) electrons. The lowest BCUT2D eigenvalue weighted by molar-refractivity contribution is 0.647. The molecular weight excluding hydrogens is 370 g/mol. The van der Waals surface area contributed by atoms with Gasteiger partial charge in [0.1, 0.15) is 18.0 Å². The lowest BCUT2D eigenvalue weighted by atomic mass is 10.1. The Labute approximate surface area is 171 Å². The van der Waals surface area contributed by atoms with Crippen molar-refractivity contribution in [2.75, 3.05) is 41.3 Å². The Hall–Kier alpha value is -2.79. The first-order valence-corrected chi connectivity index (χ1v) is 9.96. The summed E-state index contributed by atoms with van der Waals surface area (Å²) in [6.45, 7) is 5.84. The fourth-order valence-electron chi connectivity index (χ4n) is 3.51. The molecule has 1 N–H and O–H groups in total. The summed E-state index contributed by atoms with van der Waals surface area (Å²) in [5.41, 5.74) is 2.41. The second-order valence-electron chi connectivity index (χ2n) is 6.99. The Morgan fingerprint density at radius 3 is 2.39 bits per heavy atom. The Kier molecular flexibility index (Phi) is 5.63. The predicted molar refractivity (Wildman–Crippen MR) is 116 cm³/mol. The summed E-state index contributed by atoms with van der Waals surface area (Å²) in [5.74, 6) is 1.81. The van der Waals surface area contributed by atoms with Crippen LogP contribution in [0.25, 0.3) is 0 Å². The molecule has 1 saturated heterocycles. The fraction of sp³-hybridized carbons (Fsp3) is 0.273. The standard InChI is InChI=1S/C22H24ClN5/c1-17(18-6-3-2-4-7-18)26-21-15-22(25-16-24-21)28-12-10-27(11-13-28)20-9-5-8-19(23)14-20/h2-9,14-17H,10-13H2,1H3,(H,24,25,26). The molecular formula is C22H24ClN5. The maximum absolute atomic E-state index is 6.13. The number of anilines is 3. The molecule has 28 heavy (non-hydrogen) atoms. The van der Waals surface area contributed by atoms with Crippen molar-refractivity contribution < 1.29 is 0 Å². The summed E-state index contributed by atoms with van der Waals surface area (Å²) in [4.78, 5) is 13.6. The first-order chi connectivity index (χ1) is 13.7. The number of nitrogens with zero attached hydrogens (tertiary/aromatic N) is 4. The lowest BCUT2D eigenvalue weighted by Crippen LogP contribution is -2.46. The molecule has 1 aliphatic rings. The number of piperazine rings is 1. The second-order valence-corrected chi connectivity index (χ2v) is 7.43. The molecule has 0 aliphatic carbocycles. The van der Waals surface area contributed by atoms with Crippen LogP contribution >= 0.6 is 11.6 Å². The van der Waals surface area contributed by atoms with E-state index in [1.165, 1.54) is 11.3 Å². The minimum absolute atomic E-state index is 0.184. The summed E-state index contributed by atoms with van der Waals surface area (Å²) in [7, 11) is 0. The molecule has 0 saturated carbocycles. The van der Waals surface area contributed by atoms with Crippen molar-refractivity contribution >= 4 is 28.9 Å². The van der Waals surface area contributed by atoms with Gasteiger partial charge in [0.2, 0.25) is 0 Å². The van der Waals surface area contributed by atoms with Gasteiger partial charge in [0, 0.05) is 49.0 Å². The summed E-state index contributed by atoms with van der Waals surface area (Å²) in [5, 5.41) is 4.25. The van der Waals surface area contributed by atoms with Gasteiger partial charge in [-0.25, -0.2) is 9.97 Å². The molecule has 2 heterocycles. The molecule has 1 aliphatic heterocycles. The third-order valence-corrected chi connectivity index (χ3v) is 5.33. The lowest BCUT2D eigenvalue weighted by Gasteiger charge is -2.36. The molecule has 3 aromatic rings. The van der Waals surface area contributed by atoms with Gasteiger partial charge in [0.25, 0.3) is 0 Å². The maximum atomic E-state index is 6.13. The number of rotatable bonds is 5. The highest BCUT2D eigenvalue weighted by Gasteiger charge is 2.19. The predicted octanol–water partition coefficient (Wildman–Crippen LogP) is 4.63. The summed E-state index contributed by atoms with van der Waals surface area (Å²) in [6.07, 6.45) is 1.64. The van der Waals surface area contributed by atoms with Crippen molar-refractivity contribution in [3.05, 3.63) is 77.6 Å². The van der Waals surface area contributed by atoms with Crippen LogP contribution in [0.1, 0.15) is 18.5 Å². The van der Waals surface area contributed by atoms with Gasteiger partial charge in [-0.15, -0.1) is 0 Å². The highest BCUT2D eigenvalue weighted by atomic mass is 35.5. The normalized spacial score (nSPS) is 15.4. The van der Waals surface area contributed by atoms with Crippen LogP contribution in [0.2, 0.25) is 5.02 Å². The molecule has 0 amide bonds.